The maximum Gasteiger partial charge on any atom is 0.237 e. The molecular formula is C12H25Cl2N3O. The van der Waals surface area contributed by atoms with Crippen molar-refractivity contribution in [1.29, 1.82) is 0 Å². The van der Waals surface area contributed by atoms with Crippen LogP contribution in [0.1, 0.15) is 32.6 Å². The van der Waals surface area contributed by atoms with E-state index in [0.29, 0.717) is 6.04 Å². The SMILES string of the molecule is CCCN1CCCC1C(=O)NC1CCNC1.Cl.Cl. The summed E-state index contributed by atoms with van der Waals surface area (Å²) in [7, 11) is 0. The standard InChI is InChI=1S/C12H23N3O.2ClH/c1-2-7-15-8-3-4-11(15)12(16)14-10-5-6-13-9-10;;/h10-11,13H,2-9H2,1H3,(H,14,16);2*1H. The van der Waals surface area contributed by atoms with E-state index in [1.807, 2.05) is 0 Å². The third kappa shape index (κ3) is 4.57. The molecule has 0 saturated carbocycles. The maximum absolute atomic E-state index is 12.1. The lowest BCUT2D eigenvalue weighted by Crippen LogP contribution is -2.47. The number of nitrogens with zero attached hydrogens (tertiary/aromatic N) is 1. The third-order valence-corrected chi connectivity index (χ3v) is 3.58. The van der Waals surface area contributed by atoms with E-state index in [2.05, 4.69) is 22.5 Å². The number of amides is 1. The van der Waals surface area contributed by atoms with Gasteiger partial charge in [0.25, 0.3) is 0 Å². The number of hydrogen-bond donors (Lipinski definition) is 2. The predicted octanol–water partition coefficient (Wildman–Crippen LogP) is 1.18. The number of carbonyl (C=O) groups excluding carboxylic acids is 1. The lowest BCUT2D eigenvalue weighted by atomic mass is 10.1. The molecule has 0 aromatic heterocycles. The molecule has 1 amide bonds. The summed E-state index contributed by atoms with van der Waals surface area (Å²) in [6.45, 7) is 6.30. The van der Waals surface area contributed by atoms with Crippen LogP contribution in [0.4, 0.5) is 0 Å². The van der Waals surface area contributed by atoms with Crippen molar-refractivity contribution < 1.29 is 4.79 Å². The van der Waals surface area contributed by atoms with E-state index < -0.39 is 0 Å². The number of hydrogen-bond acceptors (Lipinski definition) is 3. The molecule has 6 heteroatoms. The van der Waals surface area contributed by atoms with Crippen LogP contribution in [0.15, 0.2) is 0 Å². The molecule has 4 nitrogen and oxygen atoms in total. The van der Waals surface area contributed by atoms with Gasteiger partial charge in [0.1, 0.15) is 0 Å². The molecule has 2 unspecified atom stereocenters. The Morgan fingerprint density at radius 3 is 2.78 bits per heavy atom. The minimum atomic E-state index is 0. The topological polar surface area (TPSA) is 44.4 Å². The van der Waals surface area contributed by atoms with Crippen LogP contribution >= 0.6 is 24.8 Å². The molecule has 2 saturated heterocycles. The monoisotopic (exact) mass is 297 g/mol. The van der Waals surface area contributed by atoms with Gasteiger partial charge in [-0.1, -0.05) is 6.92 Å². The fourth-order valence-corrected chi connectivity index (χ4v) is 2.75. The third-order valence-electron chi connectivity index (χ3n) is 3.58. The van der Waals surface area contributed by atoms with Crippen molar-refractivity contribution in [3.8, 4) is 0 Å². The van der Waals surface area contributed by atoms with Crippen molar-refractivity contribution in [2.24, 2.45) is 0 Å². The van der Waals surface area contributed by atoms with Crippen molar-refractivity contribution in [3.63, 3.8) is 0 Å². The van der Waals surface area contributed by atoms with Gasteiger partial charge < -0.3 is 10.6 Å². The van der Waals surface area contributed by atoms with Gasteiger partial charge in [-0.3, -0.25) is 9.69 Å². The van der Waals surface area contributed by atoms with Gasteiger partial charge >= 0.3 is 0 Å². The minimum absolute atomic E-state index is 0. The number of rotatable bonds is 4. The van der Waals surface area contributed by atoms with E-state index in [9.17, 15) is 4.79 Å². The first-order valence-corrected chi connectivity index (χ1v) is 6.56. The zero-order valence-electron chi connectivity index (χ0n) is 11.0. The molecule has 2 aliphatic rings. The molecule has 2 heterocycles. The Morgan fingerprint density at radius 2 is 2.17 bits per heavy atom. The Morgan fingerprint density at radius 1 is 1.39 bits per heavy atom. The smallest absolute Gasteiger partial charge is 0.237 e. The van der Waals surface area contributed by atoms with Crippen LogP contribution in [0.5, 0.6) is 0 Å². The van der Waals surface area contributed by atoms with Crippen LogP contribution in [0.25, 0.3) is 0 Å². The molecule has 0 aromatic carbocycles. The Labute approximate surface area is 122 Å². The molecule has 2 fully saturated rings. The summed E-state index contributed by atoms with van der Waals surface area (Å²) in [5.41, 5.74) is 0. The molecule has 0 aliphatic carbocycles. The molecule has 0 bridgehead atoms. The summed E-state index contributed by atoms with van der Waals surface area (Å²) in [5.74, 6) is 0.250. The van der Waals surface area contributed by atoms with Crippen LogP contribution in [-0.4, -0.2) is 49.1 Å². The Hall–Kier alpha value is -0.0300. The fraction of sp³-hybridized carbons (Fsp3) is 0.917. The summed E-state index contributed by atoms with van der Waals surface area (Å²) in [4.78, 5) is 14.4. The van der Waals surface area contributed by atoms with E-state index in [1.54, 1.807) is 0 Å². The van der Waals surface area contributed by atoms with Gasteiger partial charge in [0.05, 0.1) is 6.04 Å². The number of carbonyl (C=O) groups is 1. The van der Waals surface area contributed by atoms with Crippen molar-refractivity contribution >= 4 is 30.7 Å². The van der Waals surface area contributed by atoms with Crippen LogP contribution in [-0.2, 0) is 4.79 Å². The highest BCUT2D eigenvalue weighted by Gasteiger charge is 2.31. The van der Waals surface area contributed by atoms with Gasteiger partial charge in [0, 0.05) is 12.6 Å². The zero-order chi connectivity index (χ0) is 11.4. The molecule has 0 radical (unpaired) electrons. The highest BCUT2D eigenvalue weighted by Crippen LogP contribution is 2.17. The van der Waals surface area contributed by atoms with E-state index in [4.69, 9.17) is 0 Å². The predicted molar refractivity (Wildman–Crippen MR) is 78.8 cm³/mol. The van der Waals surface area contributed by atoms with Crippen molar-refractivity contribution in [2.45, 2.75) is 44.7 Å². The van der Waals surface area contributed by atoms with Crippen LogP contribution < -0.4 is 10.6 Å². The lowest BCUT2D eigenvalue weighted by Gasteiger charge is -2.24. The van der Waals surface area contributed by atoms with E-state index >= 15 is 0 Å². The molecule has 2 aliphatic heterocycles. The summed E-state index contributed by atoms with van der Waals surface area (Å²) < 4.78 is 0. The first-order valence-electron chi connectivity index (χ1n) is 6.56. The molecule has 2 N–H and O–H groups in total. The van der Waals surface area contributed by atoms with Gasteiger partial charge in [0.15, 0.2) is 0 Å². The zero-order valence-corrected chi connectivity index (χ0v) is 12.6. The summed E-state index contributed by atoms with van der Waals surface area (Å²) in [6, 6.07) is 0.497. The second-order valence-corrected chi connectivity index (χ2v) is 4.89. The average Bonchev–Trinajstić information content (AvgIpc) is 2.89. The lowest BCUT2D eigenvalue weighted by molar-refractivity contribution is -0.126. The van der Waals surface area contributed by atoms with E-state index in [0.717, 1.165) is 45.4 Å². The van der Waals surface area contributed by atoms with E-state index in [1.165, 1.54) is 6.42 Å². The van der Waals surface area contributed by atoms with Gasteiger partial charge in [-0.05, 0) is 45.3 Å². The quantitative estimate of drug-likeness (QED) is 0.819. The maximum atomic E-state index is 12.1. The minimum Gasteiger partial charge on any atom is -0.351 e. The van der Waals surface area contributed by atoms with Crippen molar-refractivity contribution in [3.05, 3.63) is 0 Å². The first-order chi connectivity index (χ1) is 7.81. The van der Waals surface area contributed by atoms with Crippen molar-refractivity contribution in [2.75, 3.05) is 26.2 Å². The van der Waals surface area contributed by atoms with E-state index in [-0.39, 0.29) is 36.8 Å². The number of nitrogens with one attached hydrogen (secondary N) is 2. The summed E-state index contributed by atoms with van der Waals surface area (Å²) >= 11 is 0. The van der Waals surface area contributed by atoms with Crippen LogP contribution in [0, 0.1) is 0 Å². The highest BCUT2D eigenvalue weighted by molar-refractivity contribution is 5.85. The van der Waals surface area contributed by atoms with Gasteiger partial charge in [0.2, 0.25) is 5.91 Å². The second-order valence-electron chi connectivity index (χ2n) is 4.89. The fourth-order valence-electron chi connectivity index (χ4n) is 2.75. The Bertz CT molecular complexity index is 247. The second kappa shape index (κ2) is 8.97. The normalized spacial score (nSPS) is 27.4. The molecular weight excluding hydrogens is 273 g/mol. The molecule has 2 rings (SSSR count). The van der Waals surface area contributed by atoms with Crippen LogP contribution in [0.3, 0.4) is 0 Å². The van der Waals surface area contributed by atoms with Gasteiger partial charge in [-0.2, -0.15) is 0 Å². The molecule has 0 spiro atoms. The summed E-state index contributed by atoms with van der Waals surface area (Å²) in [5, 5.41) is 6.44. The van der Waals surface area contributed by atoms with Crippen LogP contribution in [0.2, 0.25) is 0 Å². The molecule has 0 aromatic rings. The number of likely N-dealkylation sites (tertiary alicyclic amines) is 1. The Kier molecular flexibility index (Phi) is 8.95. The largest absolute Gasteiger partial charge is 0.351 e. The molecule has 108 valence electrons. The van der Waals surface area contributed by atoms with Gasteiger partial charge in [-0.25, -0.2) is 0 Å². The summed E-state index contributed by atoms with van der Waals surface area (Å²) in [6.07, 6.45) is 4.41. The van der Waals surface area contributed by atoms with Gasteiger partial charge in [-0.15, -0.1) is 24.8 Å². The Balaban J connectivity index is 0.00000144. The average molecular weight is 298 g/mol. The molecule has 18 heavy (non-hydrogen) atoms. The first kappa shape index (κ1) is 18.0. The molecule has 2 atom stereocenters. The highest BCUT2D eigenvalue weighted by atomic mass is 35.5. The van der Waals surface area contributed by atoms with Crippen molar-refractivity contribution in [1.82, 2.24) is 15.5 Å². The number of halogens is 2.